The van der Waals surface area contributed by atoms with Gasteiger partial charge in [0.15, 0.2) is 0 Å². The zero-order valence-corrected chi connectivity index (χ0v) is 28.1. The number of nitrogens with zero attached hydrogens (tertiary/aromatic N) is 3. The summed E-state index contributed by atoms with van der Waals surface area (Å²) in [6.07, 6.45) is 10.4. The van der Waals surface area contributed by atoms with Gasteiger partial charge in [-0.1, -0.05) is 109 Å². The van der Waals surface area contributed by atoms with Gasteiger partial charge in [-0.25, -0.2) is 4.79 Å². The van der Waals surface area contributed by atoms with Crippen molar-refractivity contribution in [3.05, 3.63) is 65.2 Å². The van der Waals surface area contributed by atoms with E-state index in [1.165, 1.54) is 30.4 Å². The second-order valence-corrected chi connectivity index (χ2v) is 12.5. The normalized spacial score (nSPS) is 14.0. The molecule has 0 aromatic heterocycles. The van der Waals surface area contributed by atoms with Crippen LogP contribution in [0.15, 0.2) is 48.5 Å². The Morgan fingerprint density at radius 1 is 0.909 bits per heavy atom. The summed E-state index contributed by atoms with van der Waals surface area (Å²) < 4.78 is 5.48. The molecule has 2 aromatic carbocycles. The number of amides is 3. The fraction of sp³-hybridized carbons (Fsp3) is 0.568. The maximum atomic E-state index is 13.4. The number of ether oxygens (including phenoxy) is 1. The van der Waals surface area contributed by atoms with Crippen molar-refractivity contribution in [3.63, 3.8) is 0 Å². The number of methoxy groups -OCH3 is 1. The van der Waals surface area contributed by atoms with E-state index in [0.29, 0.717) is 44.4 Å². The van der Waals surface area contributed by atoms with E-state index in [2.05, 4.69) is 69.1 Å². The topological polar surface area (TPSA) is 65.1 Å². The Kier molecular flexibility index (Phi) is 14.8. The average Bonchev–Trinajstić information content (AvgIpc) is 3.02. The molecule has 7 nitrogen and oxygen atoms in total. The number of unbranched alkanes of at least 4 members (excludes halogenated alkanes) is 4. The van der Waals surface area contributed by atoms with Gasteiger partial charge in [0.2, 0.25) is 5.91 Å². The molecule has 44 heavy (non-hydrogen) atoms. The minimum absolute atomic E-state index is 0.0268. The number of hydrogen-bond acceptors (Lipinski definition) is 4. The fourth-order valence-corrected chi connectivity index (χ4v) is 5.78. The van der Waals surface area contributed by atoms with Crippen LogP contribution in [0.3, 0.4) is 0 Å². The lowest BCUT2D eigenvalue weighted by atomic mass is 9.93. The van der Waals surface area contributed by atoms with Crippen molar-refractivity contribution >= 4 is 23.7 Å². The van der Waals surface area contributed by atoms with E-state index in [1.54, 1.807) is 7.11 Å². The molecule has 3 amide bonds. The third-order valence-electron chi connectivity index (χ3n) is 8.56. The van der Waals surface area contributed by atoms with E-state index in [1.807, 2.05) is 40.1 Å². The van der Waals surface area contributed by atoms with Gasteiger partial charge in [-0.3, -0.25) is 9.69 Å². The van der Waals surface area contributed by atoms with Gasteiger partial charge in [-0.2, -0.15) is 0 Å². The van der Waals surface area contributed by atoms with Gasteiger partial charge in [0.1, 0.15) is 5.75 Å². The highest BCUT2D eigenvalue weighted by Gasteiger charge is 2.24. The predicted molar refractivity (Wildman–Crippen MR) is 184 cm³/mol. The lowest BCUT2D eigenvalue weighted by Crippen LogP contribution is -2.51. The summed E-state index contributed by atoms with van der Waals surface area (Å²) in [6, 6.07) is 14.2. The van der Waals surface area contributed by atoms with Crippen LogP contribution in [0.25, 0.3) is 6.08 Å². The van der Waals surface area contributed by atoms with Gasteiger partial charge in [-0.05, 0) is 35.4 Å². The molecule has 0 spiro atoms. The third kappa shape index (κ3) is 10.7. The Bertz CT molecular complexity index is 1170. The summed E-state index contributed by atoms with van der Waals surface area (Å²) in [5, 5.41) is 3.27. The standard InChI is InChI=1S/C37H56N4O3/c1-7-8-9-10-11-21-35(42)40(22-15-17-31-16-12-13-20-34(31)44-6)26-23-39-24-27-41(28-25-39)37(43)38-36-32(29(2)3)18-14-19-33(36)30(4)5/h12-20,29-30H,7-11,21-28H2,1-6H3,(H,38,43). The number of carbonyl (C=O) groups excluding carboxylic acids is 2. The molecule has 1 aliphatic heterocycles. The van der Waals surface area contributed by atoms with Gasteiger partial charge in [0, 0.05) is 63.5 Å². The molecule has 3 rings (SSSR count). The molecule has 1 aliphatic rings. The van der Waals surface area contributed by atoms with E-state index in [0.717, 1.165) is 49.5 Å². The Balaban J connectivity index is 1.56. The van der Waals surface area contributed by atoms with Crippen molar-refractivity contribution in [2.24, 2.45) is 0 Å². The molecule has 1 N–H and O–H groups in total. The number of piperazine rings is 1. The molecule has 0 saturated carbocycles. The van der Waals surface area contributed by atoms with Crippen molar-refractivity contribution in [3.8, 4) is 5.75 Å². The highest BCUT2D eigenvalue weighted by molar-refractivity contribution is 5.91. The molecule has 1 fully saturated rings. The Labute approximate surface area is 266 Å². The Hall–Kier alpha value is -3.32. The van der Waals surface area contributed by atoms with Crippen LogP contribution in [0.2, 0.25) is 0 Å². The summed E-state index contributed by atoms with van der Waals surface area (Å²) in [5.41, 5.74) is 4.33. The van der Waals surface area contributed by atoms with Crippen LogP contribution >= 0.6 is 0 Å². The largest absolute Gasteiger partial charge is 0.496 e. The molecular weight excluding hydrogens is 548 g/mol. The smallest absolute Gasteiger partial charge is 0.321 e. The quantitative estimate of drug-likeness (QED) is 0.197. The van der Waals surface area contributed by atoms with E-state index < -0.39 is 0 Å². The number of urea groups is 1. The molecule has 1 heterocycles. The lowest BCUT2D eigenvalue weighted by molar-refractivity contribution is -0.131. The number of para-hydroxylation sites is 2. The van der Waals surface area contributed by atoms with Gasteiger partial charge < -0.3 is 19.9 Å². The molecule has 0 atom stereocenters. The van der Waals surface area contributed by atoms with Crippen molar-refractivity contribution in [1.82, 2.24) is 14.7 Å². The minimum Gasteiger partial charge on any atom is -0.496 e. The number of carbonyl (C=O) groups is 2. The molecule has 7 heteroatoms. The third-order valence-corrected chi connectivity index (χ3v) is 8.56. The summed E-state index contributed by atoms with van der Waals surface area (Å²) in [6.45, 7) is 15.9. The van der Waals surface area contributed by atoms with Crippen molar-refractivity contribution in [2.45, 2.75) is 85.0 Å². The van der Waals surface area contributed by atoms with E-state index >= 15 is 0 Å². The first kappa shape index (κ1) is 35.2. The molecular formula is C37H56N4O3. The van der Waals surface area contributed by atoms with Crippen molar-refractivity contribution < 1.29 is 14.3 Å². The van der Waals surface area contributed by atoms with Crippen LogP contribution in [0, 0.1) is 0 Å². The van der Waals surface area contributed by atoms with Gasteiger partial charge >= 0.3 is 6.03 Å². The first-order chi connectivity index (χ1) is 21.2. The highest BCUT2D eigenvalue weighted by Crippen LogP contribution is 2.32. The van der Waals surface area contributed by atoms with Gasteiger partial charge in [-0.15, -0.1) is 0 Å². The zero-order chi connectivity index (χ0) is 31.9. The van der Waals surface area contributed by atoms with Crippen LogP contribution in [-0.4, -0.2) is 79.6 Å². The van der Waals surface area contributed by atoms with Crippen molar-refractivity contribution in [2.75, 3.05) is 58.2 Å². The van der Waals surface area contributed by atoms with Crippen molar-refractivity contribution in [1.29, 1.82) is 0 Å². The Morgan fingerprint density at radius 2 is 1.57 bits per heavy atom. The van der Waals surface area contributed by atoms with E-state index in [9.17, 15) is 9.59 Å². The molecule has 0 radical (unpaired) electrons. The summed E-state index contributed by atoms with van der Waals surface area (Å²) in [4.78, 5) is 32.9. The number of nitrogens with one attached hydrogen (secondary N) is 1. The number of benzene rings is 2. The van der Waals surface area contributed by atoms with Crippen LogP contribution in [-0.2, 0) is 4.79 Å². The summed E-state index contributed by atoms with van der Waals surface area (Å²) >= 11 is 0. The van der Waals surface area contributed by atoms with Crippen LogP contribution in [0.1, 0.15) is 102 Å². The predicted octanol–water partition coefficient (Wildman–Crippen LogP) is 7.99. The SMILES string of the molecule is CCCCCCCC(=O)N(CC=Cc1ccccc1OC)CCN1CCN(C(=O)Nc2c(C(C)C)cccc2C(C)C)CC1. The molecule has 242 valence electrons. The average molecular weight is 605 g/mol. The maximum absolute atomic E-state index is 13.4. The first-order valence-electron chi connectivity index (χ1n) is 16.7. The van der Waals surface area contributed by atoms with Crippen LogP contribution < -0.4 is 10.1 Å². The van der Waals surface area contributed by atoms with E-state index in [-0.39, 0.29) is 11.9 Å². The second-order valence-electron chi connectivity index (χ2n) is 12.5. The maximum Gasteiger partial charge on any atom is 0.321 e. The Morgan fingerprint density at radius 3 is 2.20 bits per heavy atom. The van der Waals surface area contributed by atoms with Crippen LogP contribution in [0.4, 0.5) is 10.5 Å². The molecule has 0 unspecified atom stereocenters. The summed E-state index contributed by atoms with van der Waals surface area (Å²) in [7, 11) is 1.68. The minimum atomic E-state index is -0.0268. The zero-order valence-electron chi connectivity index (χ0n) is 28.1. The fourth-order valence-electron chi connectivity index (χ4n) is 5.78. The number of hydrogen-bond donors (Lipinski definition) is 1. The lowest BCUT2D eigenvalue weighted by Gasteiger charge is -2.36. The van der Waals surface area contributed by atoms with Crippen LogP contribution in [0.5, 0.6) is 5.75 Å². The molecule has 2 aromatic rings. The molecule has 0 bridgehead atoms. The van der Waals surface area contributed by atoms with E-state index in [4.69, 9.17) is 4.74 Å². The van der Waals surface area contributed by atoms with Gasteiger partial charge in [0.05, 0.1) is 7.11 Å². The second kappa shape index (κ2) is 18.5. The summed E-state index contributed by atoms with van der Waals surface area (Å²) in [5.74, 6) is 1.70. The first-order valence-corrected chi connectivity index (χ1v) is 16.7. The monoisotopic (exact) mass is 604 g/mol. The molecule has 0 aliphatic carbocycles. The van der Waals surface area contributed by atoms with Gasteiger partial charge in [0.25, 0.3) is 0 Å². The highest BCUT2D eigenvalue weighted by atomic mass is 16.5. The number of rotatable bonds is 16. The molecule has 1 saturated heterocycles. The number of anilines is 1.